The molecule has 3 nitrogen and oxygen atoms in total. The van der Waals surface area contributed by atoms with Crippen molar-refractivity contribution in [2.75, 3.05) is 14.1 Å². The Balaban J connectivity index is 2.80. The van der Waals surface area contributed by atoms with Crippen LogP contribution in [0.15, 0.2) is 0 Å². The Bertz CT molecular complexity index is 249. The molecule has 1 heterocycles. The summed E-state index contributed by atoms with van der Waals surface area (Å²) in [5.41, 5.74) is 1.05. The van der Waals surface area contributed by atoms with Crippen LogP contribution < -0.4 is 0 Å². The third-order valence-electron chi connectivity index (χ3n) is 1.75. The van der Waals surface area contributed by atoms with Crippen LogP contribution >= 0.6 is 11.3 Å². The second kappa shape index (κ2) is 4.69. The first-order chi connectivity index (χ1) is 6.17. The number of nitrogens with zero attached hydrogens (tertiary/aromatic N) is 2. The van der Waals surface area contributed by atoms with Gasteiger partial charge in [-0.3, -0.25) is 0 Å². The highest BCUT2D eigenvalue weighted by Crippen LogP contribution is 2.19. The Morgan fingerprint density at radius 1 is 1.46 bits per heavy atom. The van der Waals surface area contributed by atoms with Crippen molar-refractivity contribution in [2.45, 2.75) is 26.5 Å². The van der Waals surface area contributed by atoms with Gasteiger partial charge in [0.05, 0.1) is 17.2 Å². The molecule has 74 valence electrons. The van der Waals surface area contributed by atoms with Gasteiger partial charge in [0.2, 0.25) is 0 Å². The Morgan fingerprint density at radius 2 is 2.15 bits per heavy atom. The molecule has 0 aliphatic heterocycles. The smallest absolute Gasteiger partial charge is 0.107 e. The van der Waals surface area contributed by atoms with Crippen LogP contribution in [0.5, 0.6) is 0 Å². The number of thiazole rings is 1. The summed E-state index contributed by atoms with van der Waals surface area (Å²) in [5.74, 6) is 0. The molecule has 1 aromatic rings. The summed E-state index contributed by atoms with van der Waals surface area (Å²) in [6, 6.07) is 0. The Kier molecular flexibility index (Phi) is 3.84. The number of aliphatic hydroxyl groups excluding tert-OH is 1. The number of rotatable bonds is 4. The van der Waals surface area contributed by atoms with E-state index in [0.29, 0.717) is 0 Å². The van der Waals surface area contributed by atoms with Gasteiger partial charge in [-0.1, -0.05) is 6.92 Å². The van der Waals surface area contributed by atoms with Crippen LogP contribution in [0.1, 0.15) is 22.5 Å². The van der Waals surface area contributed by atoms with Gasteiger partial charge in [0, 0.05) is 6.54 Å². The van der Waals surface area contributed by atoms with E-state index in [1.54, 1.807) is 11.3 Å². The monoisotopic (exact) mass is 200 g/mol. The van der Waals surface area contributed by atoms with Gasteiger partial charge >= 0.3 is 0 Å². The molecule has 0 spiro atoms. The van der Waals surface area contributed by atoms with Gasteiger partial charge in [0.25, 0.3) is 0 Å². The maximum absolute atomic E-state index is 9.05. The third-order valence-corrected chi connectivity index (χ3v) is 2.82. The average Bonchev–Trinajstić information content (AvgIpc) is 2.45. The molecule has 13 heavy (non-hydrogen) atoms. The molecule has 0 amide bonds. The molecule has 0 aliphatic carbocycles. The summed E-state index contributed by atoms with van der Waals surface area (Å²) in [5, 5.41) is 10.1. The second-order valence-corrected chi connectivity index (χ2v) is 4.40. The molecular formula is C9H16N2OS. The average molecular weight is 200 g/mol. The van der Waals surface area contributed by atoms with E-state index in [2.05, 4.69) is 16.8 Å². The molecule has 0 atom stereocenters. The van der Waals surface area contributed by atoms with Gasteiger partial charge < -0.3 is 10.0 Å². The number of aryl methyl sites for hydroxylation is 1. The van der Waals surface area contributed by atoms with Crippen molar-refractivity contribution in [3.8, 4) is 0 Å². The van der Waals surface area contributed by atoms with Gasteiger partial charge in [-0.25, -0.2) is 4.98 Å². The van der Waals surface area contributed by atoms with Crippen molar-refractivity contribution in [2.24, 2.45) is 0 Å². The fraction of sp³-hybridized carbons (Fsp3) is 0.667. The lowest BCUT2D eigenvalue weighted by atomic mass is 10.3. The number of hydrogen-bond donors (Lipinski definition) is 1. The Hall–Kier alpha value is -0.450. The highest BCUT2D eigenvalue weighted by molar-refractivity contribution is 7.11. The molecule has 0 saturated carbocycles. The highest BCUT2D eigenvalue weighted by atomic mass is 32.1. The molecule has 1 rings (SSSR count). The van der Waals surface area contributed by atoms with Crippen molar-refractivity contribution in [1.82, 2.24) is 9.88 Å². The predicted octanol–water partition coefficient (Wildman–Crippen LogP) is 1.26. The molecular weight excluding hydrogens is 184 g/mol. The molecule has 0 fully saturated rings. The number of aliphatic hydroxyl groups is 1. The summed E-state index contributed by atoms with van der Waals surface area (Å²) in [6.07, 6.45) is 0.903. The second-order valence-electron chi connectivity index (χ2n) is 3.23. The van der Waals surface area contributed by atoms with Crippen molar-refractivity contribution in [3.05, 3.63) is 15.6 Å². The van der Waals surface area contributed by atoms with Crippen LogP contribution in [-0.4, -0.2) is 29.1 Å². The zero-order valence-electron chi connectivity index (χ0n) is 8.37. The minimum Gasteiger partial charge on any atom is -0.391 e. The van der Waals surface area contributed by atoms with Crippen molar-refractivity contribution < 1.29 is 5.11 Å². The number of hydrogen-bond acceptors (Lipinski definition) is 4. The highest BCUT2D eigenvalue weighted by Gasteiger charge is 2.08. The summed E-state index contributed by atoms with van der Waals surface area (Å²) in [7, 11) is 4.04. The van der Waals surface area contributed by atoms with Crippen LogP contribution in [0.2, 0.25) is 0 Å². The summed E-state index contributed by atoms with van der Waals surface area (Å²) in [4.78, 5) is 7.55. The zero-order valence-corrected chi connectivity index (χ0v) is 9.19. The van der Waals surface area contributed by atoms with E-state index in [1.807, 2.05) is 14.1 Å². The minimum atomic E-state index is 0.119. The van der Waals surface area contributed by atoms with E-state index < -0.39 is 0 Å². The van der Waals surface area contributed by atoms with Crippen LogP contribution in [0.4, 0.5) is 0 Å². The quantitative estimate of drug-likeness (QED) is 0.795. The van der Waals surface area contributed by atoms with Gasteiger partial charge in [-0.15, -0.1) is 11.3 Å². The van der Waals surface area contributed by atoms with Crippen molar-refractivity contribution in [1.29, 1.82) is 0 Å². The normalized spacial score (nSPS) is 11.2. The van der Waals surface area contributed by atoms with Crippen LogP contribution in [0.3, 0.4) is 0 Å². The molecule has 1 aromatic heterocycles. The molecule has 0 radical (unpaired) electrons. The van der Waals surface area contributed by atoms with E-state index in [9.17, 15) is 0 Å². The molecule has 4 heteroatoms. The molecule has 0 saturated heterocycles. The summed E-state index contributed by atoms with van der Waals surface area (Å²) < 4.78 is 0. The summed E-state index contributed by atoms with van der Waals surface area (Å²) in [6.45, 7) is 3.04. The first-order valence-corrected chi connectivity index (χ1v) is 5.22. The SMILES string of the molecule is CCc1nc(CN(C)C)sc1CO. The maximum Gasteiger partial charge on any atom is 0.107 e. The topological polar surface area (TPSA) is 36.4 Å². The summed E-state index contributed by atoms with van der Waals surface area (Å²) >= 11 is 1.61. The van der Waals surface area contributed by atoms with Gasteiger partial charge in [-0.2, -0.15) is 0 Å². The maximum atomic E-state index is 9.05. The van der Waals surface area contributed by atoms with Crippen LogP contribution in [0, 0.1) is 0 Å². The van der Waals surface area contributed by atoms with Gasteiger partial charge in [0.15, 0.2) is 0 Å². The van der Waals surface area contributed by atoms with Crippen LogP contribution in [-0.2, 0) is 19.6 Å². The fourth-order valence-corrected chi connectivity index (χ4v) is 2.31. The lowest BCUT2D eigenvalue weighted by molar-refractivity contribution is 0.284. The van der Waals surface area contributed by atoms with E-state index in [0.717, 1.165) is 28.5 Å². The Labute approximate surface area is 83.0 Å². The predicted molar refractivity (Wildman–Crippen MR) is 54.8 cm³/mol. The lowest BCUT2D eigenvalue weighted by Gasteiger charge is -2.04. The standard InChI is InChI=1S/C9H16N2OS/c1-4-7-8(6-12)13-9(10-7)5-11(2)3/h12H,4-6H2,1-3H3. The van der Waals surface area contributed by atoms with Crippen molar-refractivity contribution >= 4 is 11.3 Å². The van der Waals surface area contributed by atoms with E-state index >= 15 is 0 Å². The third kappa shape index (κ3) is 2.76. The Morgan fingerprint density at radius 3 is 2.54 bits per heavy atom. The first-order valence-electron chi connectivity index (χ1n) is 4.40. The van der Waals surface area contributed by atoms with Crippen LogP contribution in [0.25, 0.3) is 0 Å². The molecule has 0 unspecified atom stereocenters. The molecule has 0 aromatic carbocycles. The minimum absolute atomic E-state index is 0.119. The van der Waals surface area contributed by atoms with E-state index in [4.69, 9.17) is 5.11 Å². The van der Waals surface area contributed by atoms with E-state index in [1.165, 1.54) is 0 Å². The van der Waals surface area contributed by atoms with E-state index in [-0.39, 0.29) is 6.61 Å². The lowest BCUT2D eigenvalue weighted by Crippen LogP contribution is -2.10. The zero-order chi connectivity index (χ0) is 9.84. The largest absolute Gasteiger partial charge is 0.391 e. The molecule has 1 N–H and O–H groups in total. The first kappa shape index (κ1) is 10.6. The van der Waals surface area contributed by atoms with Crippen molar-refractivity contribution in [3.63, 3.8) is 0 Å². The fourth-order valence-electron chi connectivity index (χ4n) is 1.17. The van der Waals surface area contributed by atoms with Gasteiger partial charge in [0.1, 0.15) is 5.01 Å². The molecule has 0 aliphatic rings. The number of aromatic nitrogens is 1. The molecule has 0 bridgehead atoms. The van der Waals surface area contributed by atoms with Gasteiger partial charge in [-0.05, 0) is 20.5 Å².